The van der Waals surface area contributed by atoms with Crippen LogP contribution in [0.4, 0.5) is 5.69 Å². The molecule has 0 N–H and O–H groups in total. The predicted octanol–water partition coefficient (Wildman–Crippen LogP) is 1.28. The zero-order valence-electron chi connectivity index (χ0n) is 17.2. The van der Waals surface area contributed by atoms with E-state index < -0.39 is 20.0 Å². The summed E-state index contributed by atoms with van der Waals surface area (Å²) in [5, 5.41) is 0. The first-order valence-electron chi connectivity index (χ1n) is 9.99. The summed E-state index contributed by atoms with van der Waals surface area (Å²) in [6, 6.07) is 4.93. The summed E-state index contributed by atoms with van der Waals surface area (Å²) in [6.45, 7) is 5.55. The average molecular weight is 444 g/mol. The molecule has 1 unspecified atom stereocenters. The van der Waals surface area contributed by atoms with Gasteiger partial charge in [-0.1, -0.05) is 13.8 Å². The number of carbonyl (C=O) groups excluding carboxylic acids is 1. The molecule has 2 aliphatic heterocycles. The van der Waals surface area contributed by atoms with Crippen LogP contribution in [0.2, 0.25) is 0 Å². The van der Waals surface area contributed by atoms with Crippen LogP contribution in [0.15, 0.2) is 23.1 Å². The molecule has 0 bridgehead atoms. The monoisotopic (exact) mass is 443 g/mol. The molecule has 1 amide bonds. The first kappa shape index (κ1) is 22.2. The van der Waals surface area contributed by atoms with Gasteiger partial charge in [0.05, 0.1) is 17.1 Å². The van der Waals surface area contributed by atoms with Crippen molar-refractivity contribution in [3.63, 3.8) is 0 Å². The van der Waals surface area contributed by atoms with Gasteiger partial charge in [-0.2, -0.15) is 4.31 Å². The molecule has 29 heavy (non-hydrogen) atoms. The minimum Gasteiger partial charge on any atom is -0.312 e. The van der Waals surface area contributed by atoms with E-state index in [4.69, 9.17) is 0 Å². The second-order valence-corrected chi connectivity index (χ2v) is 11.5. The minimum atomic E-state index is -3.55. The van der Waals surface area contributed by atoms with Gasteiger partial charge in [-0.25, -0.2) is 21.1 Å². The second-order valence-electron chi connectivity index (χ2n) is 7.58. The summed E-state index contributed by atoms with van der Waals surface area (Å²) in [5.74, 6) is -0.458. The molecule has 2 aliphatic rings. The van der Waals surface area contributed by atoms with Crippen LogP contribution in [0.5, 0.6) is 0 Å². The number of nitrogens with zero attached hydrogens (tertiary/aromatic N) is 3. The van der Waals surface area contributed by atoms with Crippen molar-refractivity contribution in [2.45, 2.75) is 38.0 Å². The maximum Gasteiger partial charge on any atom is 0.243 e. The summed E-state index contributed by atoms with van der Waals surface area (Å²) in [5.41, 5.74) is 1.56. The lowest BCUT2D eigenvalue weighted by atomic mass is 9.98. The Hall–Kier alpha value is -1.49. The maximum atomic E-state index is 13.1. The third-order valence-electron chi connectivity index (χ3n) is 5.76. The molecular weight excluding hydrogens is 414 g/mol. The number of sulfonamides is 2. The van der Waals surface area contributed by atoms with Gasteiger partial charge >= 0.3 is 0 Å². The van der Waals surface area contributed by atoms with E-state index in [2.05, 4.69) is 0 Å². The standard InChI is InChI=1S/C19H29N3O5S2/c1-4-20(5-2)29(26,27)17-8-9-18-15(13-17)10-12-22(18)19(23)16-7-6-11-21(14-16)28(3,24)25/h8-9,13,16H,4-7,10-12,14H2,1-3H3. The molecule has 3 rings (SSSR count). The van der Waals surface area contributed by atoms with Gasteiger partial charge in [0, 0.05) is 38.4 Å². The van der Waals surface area contributed by atoms with Gasteiger partial charge < -0.3 is 4.90 Å². The van der Waals surface area contributed by atoms with Gasteiger partial charge in [0.2, 0.25) is 26.0 Å². The fourth-order valence-electron chi connectivity index (χ4n) is 4.15. The quantitative estimate of drug-likeness (QED) is 0.660. The van der Waals surface area contributed by atoms with E-state index in [0.717, 1.165) is 11.3 Å². The Morgan fingerprint density at radius 2 is 1.83 bits per heavy atom. The van der Waals surface area contributed by atoms with Gasteiger partial charge in [0.1, 0.15) is 0 Å². The summed E-state index contributed by atoms with van der Waals surface area (Å²) >= 11 is 0. The van der Waals surface area contributed by atoms with E-state index in [1.165, 1.54) is 14.9 Å². The molecule has 1 aromatic rings. The zero-order valence-corrected chi connectivity index (χ0v) is 18.8. The number of rotatable bonds is 6. The molecule has 1 aromatic carbocycles. The van der Waals surface area contributed by atoms with Gasteiger partial charge in [0.25, 0.3) is 0 Å². The SMILES string of the molecule is CCN(CC)S(=O)(=O)c1ccc2c(c1)CCN2C(=O)C1CCCN(S(C)(=O)=O)C1. The maximum absolute atomic E-state index is 13.1. The fourth-order valence-corrected chi connectivity index (χ4v) is 6.57. The van der Waals surface area contributed by atoms with Crippen molar-refractivity contribution in [1.29, 1.82) is 0 Å². The smallest absolute Gasteiger partial charge is 0.243 e. The second kappa shape index (κ2) is 8.33. The van der Waals surface area contributed by atoms with Crippen molar-refractivity contribution in [2.75, 3.05) is 43.9 Å². The molecule has 162 valence electrons. The third-order valence-corrected chi connectivity index (χ3v) is 9.07. The molecule has 0 spiro atoms. The molecule has 0 aliphatic carbocycles. The minimum absolute atomic E-state index is 0.0866. The van der Waals surface area contributed by atoms with Crippen molar-refractivity contribution >= 4 is 31.6 Å². The lowest BCUT2D eigenvalue weighted by Crippen LogP contribution is -2.46. The molecule has 8 nitrogen and oxygen atoms in total. The number of benzene rings is 1. The lowest BCUT2D eigenvalue weighted by Gasteiger charge is -2.32. The number of anilines is 1. The van der Waals surface area contributed by atoms with Crippen LogP contribution in [-0.2, 0) is 31.3 Å². The van der Waals surface area contributed by atoms with Crippen LogP contribution in [0, 0.1) is 5.92 Å². The van der Waals surface area contributed by atoms with Crippen LogP contribution in [0.25, 0.3) is 0 Å². The molecule has 1 saturated heterocycles. The Labute approximate surface area is 173 Å². The van der Waals surface area contributed by atoms with Crippen molar-refractivity contribution in [3.05, 3.63) is 23.8 Å². The normalized spacial score (nSPS) is 20.8. The Morgan fingerprint density at radius 3 is 2.45 bits per heavy atom. The van der Waals surface area contributed by atoms with E-state index >= 15 is 0 Å². The molecule has 0 radical (unpaired) electrons. The number of piperidine rings is 1. The van der Waals surface area contributed by atoms with E-state index in [0.29, 0.717) is 45.4 Å². The number of amides is 1. The number of carbonyl (C=O) groups is 1. The zero-order chi connectivity index (χ0) is 21.4. The van der Waals surface area contributed by atoms with Crippen LogP contribution in [-0.4, -0.2) is 70.3 Å². The molecule has 2 heterocycles. The summed E-state index contributed by atoms with van der Waals surface area (Å²) < 4.78 is 52.0. The molecule has 10 heteroatoms. The Bertz CT molecular complexity index is 987. The Kier molecular flexibility index (Phi) is 6.38. The summed E-state index contributed by atoms with van der Waals surface area (Å²) in [4.78, 5) is 15.0. The van der Waals surface area contributed by atoms with E-state index in [-0.39, 0.29) is 23.3 Å². The van der Waals surface area contributed by atoms with Crippen molar-refractivity contribution < 1.29 is 21.6 Å². The highest BCUT2D eigenvalue weighted by Gasteiger charge is 2.35. The number of hydrogen-bond donors (Lipinski definition) is 0. The van der Waals surface area contributed by atoms with E-state index in [9.17, 15) is 21.6 Å². The molecular formula is C19H29N3O5S2. The van der Waals surface area contributed by atoms with E-state index in [1.807, 2.05) is 0 Å². The summed E-state index contributed by atoms with van der Waals surface area (Å²) in [6.07, 6.45) is 3.07. The van der Waals surface area contributed by atoms with Gasteiger partial charge in [-0.15, -0.1) is 0 Å². The van der Waals surface area contributed by atoms with Crippen LogP contribution in [0.1, 0.15) is 32.3 Å². The van der Waals surface area contributed by atoms with Crippen molar-refractivity contribution in [1.82, 2.24) is 8.61 Å². The summed E-state index contributed by atoms with van der Waals surface area (Å²) in [7, 11) is -6.87. The molecule has 1 atom stereocenters. The fraction of sp³-hybridized carbons (Fsp3) is 0.632. The topological polar surface area (TPSA) is 95.1 Å². The molecule has 0 aromatic heterocycles. The van der Waals surface area contributed by atoms with Crippen molar-refractivity contribution in [3.8, 4) is 0 Å². The number of hydrogen-bond acceptors (Lipinski definition) is 5. The average Bonchev–Trinajstić information content (AvgIpc) is 3.11. The number of fused-ring (bicyclic) bond motifs is 1. The Balaban J connectivity index is 1.82. The van der Waals surface area contributed by atoms with Crippen LogP contribution >= 0.6 is 0 Å². The first-order chi connectivity index (χ1) is 13.6. The van der Waals surface area contributed by atoms with Gasteiger partial charge in [0.15, 0.2) is 0 Å². The highest BCUT2D eigenvalue weighted by atomic mass is 32.2. The Morgan fingerprint density at radius 1 is 1.14 bits per heavy atom. The predicted molar refractivity (Wildman–Crippen MR) is 112 cm³/mol. The molecule has 1 fully saturated rings. The van der Waals surface area contributed by atoms with Crippen LogP contribution < -0.4 is 4.90 Å². The highest BCUT2D eigenvalue weighted by Crippen LogP contribution is 2.33. The first-order valence-corrected chi connectivity index (χ1v) is 13.3. The van der Waals surface area contributed by atoms with Gasteiger partial charge in [-0.05, 0) is 43.0 Å². The van der Waals surface area contributed by atoms with E-state index in [1.54, 1.807) is 36.9 Å². The van der Waals surface area contributed by atoms with Crippen molar-refractivity contribution in [2.24, 2.45) is 5.92 Å². The lowest BCUT2D eigenvalue weighted by molar-refractivity contribution is -0.123. The largest absolute Gasteiger partial charge is 0.312 e. The van der Waals surface area contributed by atoms with Crippen LogP contribution in [0.3, 0.4) is 0 Å². The van der Waals surface area contributed by atoms with Gasteiger partial charge in [-0.3, -0.25) is 4.79 Å². The highest BCUT2D eigenvalue weighted by molar-refractivity contribution is 7.89. The third kappa shape index (κ3) is 4.35. The molecule has 0 saturated carbocycles.